The quantitative estimate of drug-likeness (QED) is 0.364. The number of nitrogens with zero attached hydrogens (tertiary/aromatic N) is 6. The van der Waals surface area contributed by atoms with Crippen LogP contribution in [-0.2, 0) is 6.54 Å². The number of fused-ring (bicyclic) bond motifs is 1. The number of aliphatic hydroxyl groups is 1. The molecule has 0 radical (unpaired) electrons. The van der Waals surface area contributed by atoms with E-state index in [-0.39, 0.29) is 12.1 Å². The lowest BCUT2D eigenvalue weighted by Crippen LogP contribution is -2.28. The molecule has 8 nitrogen and oxygen atoms in total. The number of para-hydroxylation sites is 1. The SMILES string of the molecule is Cc1nnc(SCC(O)Cn2cnc3ccccc3c2=O)n1N=Cc1ccccc1. The molecular weight excluding hydrogens is 400 g/mol. The molecule has 0 fully saturated rings. The minimum absolute atomic E-state index is 0.143. The van der Waals surface area contributed by atoms with Crippen LogP contribution in [0.4, 0.5) is 0 Å². The fraction of sp³-hybridized carbons (Fsp3) is 0.190. The van der Waals surface area contributed by atoms with Crippen molar-refractivity contribution >= 4 is 28.9 Å². The van der Waals surface area contributed by atoms with Crippen LogP contribution in [0.15, 0.2) is 76.0 Å². The average molecular weight is 420 g/mol. The van der Waals surface area contributed by atoms with Crippen LogP contribution in [-0.4, -0.2) is 47.6 Å². The Morgan fingerprint density at radius 1 is 1.13 bits per heavy atom. The summed E-state index contributed by atoms with van der Waals surface area (Å²) in [6, 6.07) is 16.9. The Labute approximate surface area is 176 Å². The van der Waals surface area contributed by atoms with Crippen LogP contribution >= 0.6 is 11.8 Å². The van der Waals surface area contributed by atoms with Crippen molar-refractivity contribution in [1.82, 2.24) is 24.4 Å². The van der Waals surface area contributed by atoms with Crippen molar-refractivity contribution in [2.45, 2.75) is 24.7 Å². The second kappa shape index (κ2) is 9.02. The van der Waals surface area contributed by atoms with Crippen molar-refractivity contribution < 1.29 is 5.11 Å². The topological polar surface area (TPSA) is 98.2 Å². The molecule has 2 aromatic heterocycles. The van der Waals surface area contributed by atoms with E-state index < -0.39 is 6.10 Å². The number of aryl methyl sites for hydroxylation is 1. The molecule has 0 aliphatic heterocycles. The van der Waals surface area contributed by atoms with E-state index in [0.717, 1.165) is 5.56 Å². The number of benzene rings is 2. The van der Waals surface area contributed by atoms with Gasteiger partial charge in [0, 0.05) is 5.75 Å². The first kappa shape index (κ1) is 20.0. The van der Waals surface area contributed by atoms with Gasteiger partial charge in [-0.2, -0.15) is 9.78 Å². The first-order valence-corrected chi connectivity index (χ1v) is 10.4. The van der Waals surface area contributed by atoms with Crippen molar-refractivity contribution in [1.29, 1.82) is 0 Å². The van der Waals surface area contributed by atoms with E-state index in [9.17, 15) is 9.90 Å². The second-order valence-electron chi connectivity index (χ2n) is 6.68. The van der Waals surface area contributed by atoms with E-state index in [0.29, 0.717) is 27.6 Å². The summed E-state index contributed by atoms with van der Waals surface area (Å²) in [5.41, 5.74) is 1.43. The molecular formula is C21H20N6O2S. The highest BCUT2D eigenvalue weighted by molar-refractivity contribution is 7.99. The first-order valence-electron chi connectivity index (χ1n) is 9.38. The number of aliphatic hydroxyl groups excluding tert-OH is 1. The Morgan fingerprint density at radius 2 is 1.90 bits per heavy atom. The summed E-state index contributed by atoms with van der Waals surface area (Å²) >= 11 is 1.33. The van der Waals surface area contributed by atoms with Gasteiger partial charge in [-0.05, 0) is 24.6 Å². The summed E-state index contributed by atoms with van der Waals surface area (Å²) in [6.45, 7) is 1.96. The molecule has 0 saturated carbocycles. The summed E-state index contributed by atoms with van der Waals surface area (Å²) < 4.78 is 3.06. The van der Waals surface area contributed by atoms with Crippen molar-refractivity contribution in [2.24, 2.45) is 5.10 Å². The summed E-state index contributed by atoms with van der Waals surface area (Å²) in [7, 11) is 0. The number of thioether (sulfide) groups is 1. The number of aromatic nitrogens is 5. The monoisotopic (exact) mass is 420 g/mol. The first-order chi connectivity index (χ1) is 14.6. The van der Waals surface area contributed by atoms with Gasteiger partial charge in [0.2, 0.25) is 5.16 Å². The minimum Gasteiger partial charge on any atom is -0.390 e. The Morgan fingerprint density at radius 3 is 2.73 bits per heavy atom. The van der Waals surface area contributed by atoms with Gasteiger partial charge in [-0.15, -0.1) is 10.2 Å². The van der Waals surface area contributed by atoms with Crippen LogP contribution in [0.25, 0.3) is 10.9 Å². The van der Waals surface area contributed by atoms with Crippen molar-refractivity contribution in [3.8, 4) is 0 Å². The molecule has 0 saturated heterocycles. The molecule has 1 N–H and O–H groups in total. The predicted octanol–water partition coefficient (Wildman–Crippen LogP) is 2.33. The molecule has 0 aliphatic rings. The van der Waals surface area contributed by atoms with E-state index in [1.54, 1.807) is 29.1 Å². The zero-order valence-corrected chi connectivity index (χ0v) is 17.1. The van der Waals surface area contributed by atoms with E-state index in [2.05, 4.69) is 20.3 Å². The van der Waals surface area contributed by atoms with Crippen molar-refractivity contribution in [2.75, 3.05) is 5.75 Å². The fourth-order valence-electron chi connectivity index (χ4n) is 2.91. The van der Waals surface area contributed by atoms with Crippen LogP contribution in [0.2, 0.25) is 0 Å². The normalized spacial score (nSPS) is 12.6. The summed E-state index contributed by atoms with van der Waals surface area (Å²) in [5, 5.41) is 24.2. The highest BCUT2D eigenvalue weighted by atomic mass is 32.2. The average Bonchev–Trinajstić information content (AvgIpc) is 3.13. The van der Waals surface area contributed by atoms with Crippen LogP contribution in [0.3, 0.4) is 0 Å². The van der Waals surface area contributed by atoms with E-state index in [1.807, 2.05) is 43.3 Å². The smallest absolute Gasteiger partial charge is 0.261 e. The van der Waals surface area contributed by atoms with Crippen LogP contribution in [0.5, 0.6) is 0 Å². The Kier molecular flexibility index (Phi) is 6.01. The zero-order valence-electron chi connectivity index (χ0n) is 16.3. The highest BCUT2D eigenvalue weighted by Gasteiger charge is 2.14. The maximum Gasteiger partial charge on any atom is 0.261 e. The standard InChI is InChI=1S/C21H20N6O2S/c1-15-24-25-21(27(15)23-11-16-7-3-2-4-8-16)30-13-17(28)12-26-14-22-19-10-6-5-9-18(19)20(26)29/h2-11,14,17,28H,12-13H2,1H3. The highest BCUT2D eigenvalue weighted by Crippen LogP contribution is 2.18. The third-order valence-electron chi connectivity index (χ3n) is 4.43. The lowest BCUT2D eigenvalue weighted by Gasteiger charge is -2.12. The van der Waals surface area contributed by atoms with Gasteiger partial charge in [-0.3, -0.25) is 9.36 Å². The second-order valence-corrected chi connectivity index (χ2v) is 7.67. The maximum absolute atomic E-state index is 12.6. The Hall–Kier alpha value is -3.30. The molecule has 4 rings (SSSR count). The van der Waals surface area contributed by atoms with Crippen LogP contribution < -0.4 is 5.56 Å². The molecule has 0 spiro atoms. The molecule has 1 unspecified atom stereocenters. The molecule has 0 bridgehead atoms. The van der Waals surface area contributed by atoms with Gasteiger partial charge in [-0.1, -0.05) is 54.2 Å². The van der Waals surface area contributed by atoms with Crippen LogP contribution in [0.1, 0.15) is 11.4 Å². The molecule has 30 heavy (non-hydrogen) atoms. The van der Waals surface area contributed by atoms with Gasteiger partial charge in [0.05, 0.1) is 36.1 Å². The van der Waals surface area contributed by atoms with Gasteiger partial charge in [0.1, 0.15) is 0 Å². The number of hydrogen-bond donors (Lipinski definition) is 1. The summed E-state index contributed by atoms with van der Waals surface area (Å²) in [4.78, 5) is 16.9. The third-order valence-corrected chi connectivity index (χ3v) is 5.50. The third kappa shape index (κ3) is 4.47. The molecule has 152 valence electrons. The van der Waals surface area contributed by atoms with Crippen molar-refractivity contribution in [3.05, 3.63) is 82.7 Å². The zero-order chi connectivity index (χ0) is 20.9. The maximum atomic E-state index is 12.6. The van der Waals surface area contributed by atoms with Gasteiger partial charge in [0.25, 0.3) is 5.56 Å². The predicted molar refractivity (Wildman–Crippen MR) is 117 cm³/mol. The summed E-state index contributed by atoms with van der Waals surface area (Å²) in [5.74, 6) is 0.979. The Bertz CT molecular complexity index is 1240. The molecule has 2 aromatic carbocycles. The summed E-state index contributed by atoms with van der Waals surface area (Å²) in [6.07, 6.45) is 2.44. The van der Waals surface area contributed by atoms with E-state index >= 15 is 0 Å². The molecule has 0 amide bonds. The van der Waals surface area contributed by atoms with Gasteiger partial charge >= 0.3 is 0 Å². The van der Waals surface area contributed by atoms with E-state index in [4.69, 9.17) is 0 Å². The van der Waals surface area contributed by atoms with Gasteiger partial charge in [-0.25, -0.2) is 4.98 Å². The van der Waals surface area contributed by atoms with Crippen molar-refractivity contribution in [3.63, 3.8) is 0 Å². The number of hydrogen-bond acceptors (Lipinski definition) is 7. The van der Waals surface area contributed by atoms with Crippen LogP contribution in [0, 0.1) is 6.92 Å². The van der Waals surface area contributed by atoms with E-state index in [1.165, 1.54) is 22.7 Å². The number of rotatable bonds is 7. The van der Waals surface area contributed by atoms with Gasteiger partial charge < -0.3 is 5.11 Å². The Balaban J connectivity index is 1.44. The molecule has 9 heteroatoms. The largest absolute Gasteiger partial charge is 0.390 e. The molecule has 1 atom stereocenters. The minimum atomic E-state index is -0.765. The fourth-order valence-corrected chi connectivity index (χ4v) is 3.76. The molecule has 0 aliphatic carbocycles. The lowest BCUT2D eigenvalue weighted by molar-refractivity contribution is 0.176. The molecule has 4 aromatic rings. The molecule has 2 heterocycles. The van der Waals surface area contributed by atoms with Gasteiger partial charge in [0.15, 0.2) is 5.82 Å². The lowest BCUT2D eigenvalue weighted by atomic mass is 10.2.